The largest absolute Gasteiger partial charge is 0.342 e. The lowest BCUT2D eigenvalue weighted by Gasteiger charge is -2.27. The van der Waals surface area contributed by atoms with Gasteiger partial charge in [0, 0.05) is 19.6 Å². The molecule has 0 radical (unpaired) electrons. The van der Waals surface area contributed by atoms with Crippen LogP contribution in [0, 0.1) is 5.92 Å². The summed E-state index contributed by atoms with van der Waals surface area (Å²) in [6, 6.07) is 0. The Balaban J connectivity index is 4.39. The van der Waals surface area contributed by atoms with Crippen LogP contribution in [0.4, 0.5) is 0 Å². The van der Waals surface area contributed by atoms with Gasteiger partial charge >= 0.3 is 0 Å². The maximum Gasteiger partial charge on any atom is 0.226 e. The summed E-state index contributed by atoms with van der Waals surface area (Å²) in [6.45, 7) is 6.18. The molecule has 0 bridgehead atoms. The number of carbonyl (C=O) groups excluding carboxylic acids is 1. The molecule has 0 saturated heterocycles. The summed E-state index contributed by atoms with van der Waals surface area (Å²) in [5.74, 6) is 0.209. The van der Waals surface area contributed by atoms with Crippen LogP contribution in [0.2, 0.25) is 0 Å². The molecule has 0 aromatic carbocycles. The molecule has 1 unspecified atom stereocenters. The molecule has 2 N–H and O–H groups in total. The quantitative estimate of drug-likeness (QED) is 0.607. The molecule has 5 heteroatoms. The minimum absolute atomic E-state index is 0.0197. The van der Waals surface area contributed by atoms with Crippen LogP contribution in [-0.4, -0.2) is 81.5 Å². The van der Waals surface area contributed by atoms with E-state index in [0.717, 1.165) is 45.4 Å². The summed E-state index contributed by atoms with van der Waals surface area (Å²) in [6.07, 6.45) is 2.86. The maximum atomic E-state index is 12.5. The van der Waals surface area contributed by atoms with Crippen LogP contribution in [0.25, 0.3) is 0 Å². The molecular formula is C15H34N4O. The second kappa shape index (κ2) is 11.1. The number of nitrogens with two attached hydrogens (primary N) is 1. The molecule has 0 aromatic heterocycles. The highest BCUT2D eigenvalue weighted by Crippen LogP contribution is 2.08. The fourth-order valence-corrected chi connectivity index (χ4v) is 2.19. The average molecular weight is 286 g/mol. The van der Waals surface area contributed by atoms with E-state index in [0.29, 0.717) is 6.54 Å². The fourth-order valence-electron chi connectivity index (χ4n) is 2.19. The molecule has 0 fully saturated rings. The van der Waals surface area contributed by atoms with Gasteiger partial charge in [-0.15, -0.1) is 0 Å². The fraction of sp³-hybridized carbons (Fsp3) is 0.933. The number of hydrogen-bond acceptors (Lipinski definition) is 4. The van der Waals surface area contributed by atoms with Gasteiger partial charge in [-0.1, -0.05) is 6.92 Å². The van der Waals surface area contributed by atoms with Crippen LogP contribution >= 0.6 is 0 Å². The van der Waals surface area contributed by atoms with Crippen LogP contribution in [0.15, 0.2) is 0 Å². The second-order valence-electron chi connectivity index (χ2n) is 5.98. The lowest BCUT2D eigenvalue weighted by atomic mass is 10.0. The zero-order valence-electron chi connectivity index (χ0n) is 14.1. The van der Waals surface area contributed by atoms with Crippen LogP contribution in [0.5, 0.6) is 0 Å². The molecule has 0 rings (SSSR count). The standard InChI is InChI=1S/C15H34N4O/c1-6-14(13-16)15(20)19(11-7-9-17(2)3)12-8-10-18(4)5/h14H,6-13,16H2,1-5H3. The molecule has 5 nitrogen and oxygen atoms in total. The molecule has 0 aliphatic carbocycles. The predicted molar refractivity (Wildman–Crippen MR) is 85.8 cm³/mol. The van der Waals surface area contributed by atoms with E-state index in [9.17, 15) is 4.79 Å². The predicted octanol–water partition coefficient (Wildman–Crippen LogP) is 0.703. The summed E-state index contributed by atoms with van der Waals surface area (Å²) in [7, 11) is 8.25. The van der Waals surface area contributed by atoms with E-state index in [4.69, 9.17) is 5.73 Å². The van der Waals surface area contributed by atoms with Crippen molar-refractivity contribution in [2.75, 3.05) is 60.9 Å². The Morgan fingerprint density at radius 2 is 1.40 bits per heavy atom. The highest BCUT2D eigenvalue weighted by atomic mass is 16.2. The number of rotatable bonds is 11. The van der Waals surface area contributed by atoms with Gasteiger partial charge < -0.3 is 20.4 Å². The first-order valence-corrected chi connectivity index (χ1v) is 7.70. The number of nitrogens with zero attached hydrogens (tertiary/aromatic N) is 3. The summed E-state index contributed by atoms with van der Waals surface area (Å²) in [4.78, 5) is 18.8. The lowest BCUT2D eigenvalue weighted by molar-refractivity contribution is -0.135. The Labute approximate surface area is 125 Å². The SMILES string of the molecule is CCC(CN)C(=O)N(CCCN(C)C)CCCN(C)C. The van der Waals surface area contributed by atoms with Gasteiger partial charge in [-0.2, -0.15) is 0 Å². The molecule has 0 spiro atoms. The van der Waals surface area contributed by atoms with Crippen molar-refractivity contribution < 1.29 is 4.79 Å². The third kappa shape index (κ3) is 8.51. The van der Waals surface area contributed by atoms with Crippen molar-refractivity contribution in [2.45, 2.75) is 26.2 Å². The van der Waals surface area contributed by atoms with E-state index >= 15 is 0 Å². The van der Waals surface area contributed by atoms with Crippen LogP contribution in [0.3, 0.4) is 0 Å². The Hall–Kier alpha value is -0.650. The van der Waals surface area contributed by atoms with Gasteiger partial charge in [-0.25, -0.2) is 0 Å². The molecular weight excluding hydrogens is 252 g/mol. The Morgan fingerprint density at radius 3 is 1.70 bits per heavy atom. The highest BCUT2D eigenvalue weighted by molar-refractivity contribution is 5.79. The van der Waals surface area contributed by atoms with Crippen molar-refractivity contribution in [3.05, 3.63) is 0 Å². The average Bonchev–Trinajstić information content (AvgIpc) is 2.37. The van der Waals surface area contributed by atoms with Crippen LogP contribution < -0.4 is 5.73 Å². The van der Waals surface area contributed by atoms with E-state index in [1.54, 1.807) is 0 Å². The van der Waals surface area contributed by atoms with Gasteiger partial charge in [0.2, 0.25) is 5.91 Å². The first-order chi connectivity index (χ1) is 9.42. The third-order valence-corrected chi connectivity index (χ3v) is 3.50. The maximum absolute atomic E-state index is 12.5. The molecule has 0 aliphatic heterocycles. The Morgan fingerprint density at radius 1 is 0.950 bits per heavy atom. The van der Waals surface area contributed by atoms with E-state index in [1.807, 2.05) is 11.8 Å². The zero-order chi connectivity index (χ0) is 15.5. The van der Waals surface area contributed by atoms with Crippen LogP contribution in [0.1, 0.15) is 26.2 Å². The van der Waals surface area contributed by atoms with Crippen molar-refractivity contribution in [1.29, 1.82) is 0 Å². The number of carbonyl (C=O) groups is 1. The topological polar surface area (TPSA) is 52.8 Å². The van der Waals surface area contributed by atoms with Gasteiger partial charge in [0.05, 0.1) is 5.92 Å². The van der Waals surface area contributed by atoms with Crippen LogP contribution in [-0.2, 0) is 4.79 Å². The van der Waals surface area contributed by atoms with Crippen molar-refractivity contribution in [2.24, 2.45) is 11.7 Å². The monoisotopic (exact) mass is 286 g/mol. The van der Waals surface area contributed by atoms with Gasteiger partial charge in [0.15, 0.2) is 0 Å². The van der Waals surface area contributed by atoms with Gasteiger partial charge in [-0.3, -0.25) is 4.79 Å². The molecule has 120 valence electrons. The van der Waals surface area contributed by atoms with Crippen molar-refractivity contribution in [3.63, 3.8) is 0 Å². The smallest absolute Gasteiger partial charge is 0.226 e. The van der Waals surface area contributed by atoms with E-state index in [2.05, 4.69) is 38.0 Å². The van der Waals surface area contributed by atoms with E-state index in [-0.39, 0.29) is 11.8 Å². The molecule has 1 atom stereocenters. The van der Waals surface area contributed by atoms with Gasteiger partial charge in [0.25, 0.3) is 0 Å². The molecule has 0 saturated carbocycles. The number of hydrogen-bond donors (Lipinski definition) is 1. The molecule has 20 heavy (non-hydrogen) atoms. The van der Waals surface area contributed by atoms with E-state index in [1.165, 1.54) is 0 Å². The third-order valence-electron chi connectivity index (χ3n) is 3.50. The number of amides is 1. The molecule has 0 aromatic rings. The van der Waals surface area contributed by atoms with E-state index < -0.39 is 0 Å². The molecule has 1 amide bonds. The minimum atomic E-state index is -0.0197. The van der Waals surface area contributed by atoms with Crippen molar-refractivity contribution in [3.8, 4) is 0 Å². The molecule has 0 aliphatic rings. The summed E-state index contributed by atoms with van der Waals surface area (Å²) >= 11 is 0. The lowest BCUT2D eigenvalue weighted by Crippen LogP contribution is -2.41. The zero-order valence-corrected chi connectivity index (χ0v) is 14.1. The normalized spacial score (nSPS) is 13.0. The van der Waals surface area contributed by atoms with Crippen molar-refractivity contribution >= 4 is 5.91 Å². The first kappa shape index (κ1) is 19.4. The summed E-state index contributed by atoms with van der Waals surface area (Å²) < 4.78 is 0. The Bertz CT molecular complexity index is 238. The van der Waals surface area contributed by atoms with Gasteiger partial charge in [-0.05, 0) is 60.5 Å². The van der Waals surface area contributed by atoms with Gasteiger partial charge in [0.1, 0.15) is 0 Å². The highest BCUT2D eigenvalue weighted by Gasteiger charge is 2.21. The summed E-state index contributed by atoms with van der Waals surface area (Å²) in [5.41, 5.74) is 5.71. The van der Waals surface area contributed by atoms with Crippen molar-refractivity contribution in [1.82, 2.24) is 14.7 Å². The summed E-state index contributed by atoms with van der Waals surface area (Å²) in [5, 5.41) is 0. The first-order valence-electron chi connectivity index (χ1n) is 7.70. The molecule has 0 heterocycles. The Kier molecular flexibility index (Phi) is 10.7. The second-order valence-corrected chi connectivity index (χ2v) is 5.98. The minimum Gasteiger partial charge on any atom is -0.342 e.